The van der Waals surface area contributed by atoms with Gasteiger partial charge < -0.3 is 5.32 Å². The van der Waals surface area contributed by atoms with Crippen LogP contribution in [0.25, 0.3) is 10.9 Å². The second-order valence-corrected chi connectivity index (χ2v) is 3.86. The zero-order valence-electron chi connectivity index (χ0n) is 9.76. The van der Waals surface area contributed by atoms with E-state index in [0.717, 1.165) is 28.9 Å². The number of nitrogens with zero attached hydrogens (tertiary/aromatic N) is 1. The number of hydrogen-bond acceptors (Lipinski definition) is 2. The van der Waals surface area contributed by atoms with Crippen LogP contribution in [0.5, 0.6) is 0 Å². The van der Waals surface area contributed by atoms with Crippen molar-refractivity contribution in [1.29, 1.82) is 0 Å². The molecule has 1 heterocycles. The molecule has 0 aliphatic carbocycles. The van der Waals surface area contributed by atoms with E-state index in [4.69, 9.17) is 0 Å². The Balaban J connectivity index is 2.82. The van der Waals surface area contributed by atoms with Crippen LogP contribution >= 0.6 is 0 Å². The summed E-state index contributed by atoms with van der Waals surface area (Å²) in [4.78, 5) is 4.47. The Bertz CT molecular complexity index is 486. The highest BCUT2D eigenvalue weighted by Gasteiger charge is 2.09. The molecule has 84 valence electrons. The first kappa shape index (κ1) is 10.9. The van der Waals surface area contributed by atoms with Gasteiger partial charge in [0.25, 0.3) is 0 Å². The largest absolute Gasteiger partial charge is 0.373 e. The van der Waals surface area contributed by atoms with Crippen molar-refractivity contribution in [2.75, 3.05) is 12.4 Å². The molecular formula is C13H15FN2. The topological polar surface area (TPSA) is 24.9 Å². The highest BCUT2D eigenvalue weighted by Crippen LogP contribution is 2.25. The molecule has 3 heteroatoms. The molecule has 0 radical (unpaired) electrons. The molecule has 1 aromatic heterocycles. The highest BCUT2D eigenvalue weighted by atomic mass is 19.1. The maximum Gasteiger partial charge on any atom is 0.132 e. The molecule has 0 saturated carbocycles. The normalized spacial score (nSPS) is 10.8. The summed E-state index contributed by atoms with van der Waals surface area (Å²) in [6.07, 6.45) is 0.840. The number of benzene rings is 1. The molecule has 0 spiro atoms. The van der Waals surface area contributed by atoms with Crippen molar-refractivity contribution >= 4 is 16.7 Å². The van der Waals surface area contributed by atoms with Crippen LogP contribution in [0.2, 0.25) is 0 Å². The Labute approximate surface area is 94.5 Å². The lowest BCUT2D eigenvalue weighted by Crippen LogP contribution is -2.00. The third-order valence-electron chi connectivity index (χ3n) is 2.83. The van der Waals surface area contributed by atoms with Gasteiger partial charge in [-0.05, 0) is 36.6 Å². The lowest BCUT2D eigenvalue weighted by Gasteiger charge is -2.10. The summed E-state index contributed by atoms with van der Waals surface area (Å²) in [6.45, 7) is 3.98. The minimum atomic E-state index is -0.203. The van der Waals surface area contributed by atoms with Gasteiger partial charge in [-0.1, -0.05) is 13.0 Å². The summed E-state index contributed by atoms with van der Waals surface area (Å²) in [6, 6.07) is 5.14. The van der Waals surface area contributed by atoms with E-state index in [-0.39, 0.29) is 5.82 Å². The number of rotatable bonds is 2. The smallest absolute Gasteiger partial charge is 0.132 e. The molecular weight excluding hydrogens is 203 g/mol. The molecule has 0 fully saturated rings. The van der Waals surface area contributed by atoms with E-state index < -0.39 is 0 Å². The Hall–Kier alpha value is -1.64. The van der Waals surface area contributed by atoms with Crippen LogP contribution < -0.4 is 5.32 Å². The van der Waals surface area contributed by atoms with Gasteiger partial charge in [-0.3, -0.25) is 0 Å². The number of pyridine rings is 1. The first-order valence-electron chi connectivity index (χ1n) is 5.43. The molecule has 0 unspecified atom stereocenters. The van der Waals surface area contributed by atoms with Gasteiger partial charge in [0.15, 0.2) is 0 Å². The van der Waals surface area contributed by atoms with Crippen molar-refractivity contribution in [3.05, 3.63) is 35.1 Å². The van der Waals surface area contributed by atoms with Crippen molar-refractivity contribution in [3.8, 4) is 0 Å². The van der Waals surface area contributed by atoms with Gasteiger partial charge >= 0.3 is 0 Å². The summed E-state index contributed by atoms with van der Waals surface area (Å²) in [5, 5.41) is 3.66. The fourth-order valence-electron chi connectivity index (χ4n) is 1.89. The average molecular weight is 218 g/mol. The third kappa shape index (κ3) is 1.62. The molecule has 0 amide bonds. The molecule has 0 saturated heterocycles. The standard InChI is InChI=1S/C13H15FN2/c1-4-9-7-10-11(14)6-5-8(2)12(10)16-13(9)15-3/h5-7H,4H2,1-3H3,(H,15,16). The van der Waals surface area contributed by atoms with Crippen LogP contribution in [0.15, 0.2) is 18.2 Å². The van der Waals surface area contributed by atoms with Crippen LogP contribution in [0.3, 0.4) is 0 Å². The monoisotopic (exact) mass is 218 g/mol. The van der Waals surface area contributed by atoms with Crippen molar-refractivity contribution in [1.82, 2.24) is 4.98 Å². The summed E-state index contributed by atoms with van der Waals surface area (Å²) < 4.78 is 13.7. The van der Waals surface area contributed by atoms with Crippen molar-refractivity contribution in [3.63, 3.8) is 0 Å². The highest BCUT2D eigenvalue weighted by molar-refractivity contribution is 5.85. The van der Waals surface area contributed by atoms with Gasteiger partial charge in [-0.25, -0.2) is 9.37 Å². The van der Waals surface area contributed by atoms with E-state index in [1.807, 2.05) is 27.0 Å². The molecule has 1 aromatic carbocycles. The number of aromatic nitrogens is 1. The Kier molecular flexibility index (Phi) is 2.77. The molecule has 2 aromatic rings. The van der Waals surface area contributed by atoms with Gasteiger partial charge in [0, 0.05) is 12.4 Å². The van der Waals surface area contributed by atoms with Gasteiger partial charge in [-0.15, -0.1) is 0 Å². The average Bonchev–Trinajstić information content (AvgIpc) is 2.32. The third-order valence-corrected chi connectivity index (χ3v) is 2.83. The van der Waals surface area contributed by atoms with E-state index in [0.29, 0.717) is 5.39 Å². The van der Waals surface area contributed by atoms with Crippen LogP contribution in [0.1, 0.15) is 18.1 Å². The van der Waals surface area contributed by atoms with Gasteiger partial charge in [-0.2, -0.15) is 0 Å². The minimum absolute atomic E-state index is 0.203. The molecule has 2 rings (SSSR count). The zero-order chi connectivity index (χ0) is 11.7. The maximum absolute atomic E-state index is 13.7. The van der Waals surface area contributed by atoms with Crippen LogP contribution in [-0.2, 0) is 6.42 Å². The summed E-state index contributed by atoms with van der Waals surface area (Å²) in [7, 11) is 1.84. The number of halogens is 1. The van der Waals surface area contributed by atoms with Crippen molar-refractivity contribution in [2.45, 2.75) is 20.3 Å². The van der Waals surface area contributed by atoms with Gasteiger partial charge in [0.2, 0.25) is 0 Å². The molecule has 0 aliphatic heterocycles. The minimum Gasteiger partial charge on any atom is -0.373 e. The second-order valence-electron chi connectivity index (χ2n) is 3.86. The predicted octanol–water partition coefficient (Wildman–Crippen LogP) is 3.29. The molecule has 0 atom stereocenters. The predicted molar refractivity (Wildman–Crippen MR) is 65.4 cm³/mol. The maximum atomic E-state index is 13.7. The lowest BCUT2D eigenvalue weighted by atomic mass is 10.1. The second kappa shape index (κ2) is 4.08. The van der Waals surface area contributed by atoms with Crippen molar-refractivity contribution < 1.29 is 4.39 Å². The first-order chi connectivity index (χ1) is 7.67. The van der Waals surface area contributed by atoms with Crippen LogP contribution in [0.4, 0.5) is 10.2 Å². The fourth-order valence-corrected chi connectivity index (χ4v) is 1.89. The Morgan fingerprint density at radius 3 is 2.75 bits per heavy atom. The van der Waals surface area contributed by atoms with E-state index in [1.165, 1.54) is 6.07 Å². The summed E-state index contributed by atoms with van der Waals surface area (Å²) >= 11 is 0. The van der Waals surface area contributed by atoms with E-state index in [2.05, 4.69) is 10.3 Å². The van der Waals surface area contributed by atoms with E-state index in [1.54, 1.807) is 6.07 Å². The number of fused-ring (bicyclic) bond motifs is 1. The Morgan fingerprint density at radius 1 is 1.38 bits per heavy atom. The van der Waals surface area contributed by atoms with Crippen LogP contribution in [-0.4, -0.2) is 12.0 Å². The molecule has 2 nitrogen and oxygen atoms in total. The van der Waals surface area contributed by atoms with Gasteiger partial charge in [0.1, 0.15) is 11.6 Å². The zero-order valence-corrected chi connectivity index (χ0v) is 9.76. The first-order valence-corrected chi connectivity index (χ1v) is 5.43. The molecule has 0 bridgehead atoms. The SMILES string of the molecule is CCc1cc2c(F)ccc(C)c2nc1NC. The number of aryl methyl sites for hydroxylation is 2. The molecule has 1 N–H and O–H groups in total. The number of nitrogens with one attached hydrogen (secondary N) is 1. The number of anilines is 1. The Morgan fingerprint density at radius 2 is 2.12 bits per heavy atom. The van der Waals surface area contributed by atoms with Gasteiger partial charge in [0.05, 0.1) is 5.52 Å². The number of hydrogen-bond donors (Lipinski definition) is 1. The quantitative estimate of drug-likeness (QED) is 0.836. The summed E-state index contributed by atoms with van der Waals surface area (Å²) in [5.41, 5.74) is 2.77. The fraction of sp³-hybridized carbons (Fsp3) is 0.308. The van der Waals surface area contributed by atoms with Crippen molar-refractivity contribution in [2.24, 2.45) is 0 Å². The molecule has 0 aliphatic rings. The molecule has 16 heavy (non-hydrogen) atoms. The summed E-state index contributed by atoms with van der Waals surface area (Å²) in [5.74, 6) is 0.633. The van der Waals surface area contributed by atoms with E-state index in [9.17, 15) is 4.39 Å². The van der Waals surface area contributed by atoms with Crippen LogP contribution in [0, 0.1) is 12.7 Å². The van der Waals surface area contributed by atoms with E-state index >= 15 is 0 Å². The lowest BCUT2D eigenvalue weighted by molar-refractivity contribution is 0.639.